The van der Waals surface area contributed by atoms with Crippen molar-refractivity contribution in [1.29, 1.82) is 0 Å². The summed E-state index contributed by atoms with van der Waals surface area (Å²) in [4.78, 5) is 15.6. The normalized spacial score (nSPS) is 12.1. The van der Waals surface area contributed by atoms with E-state index in [0.717, 1.165) is 29.8 Å². The Labute approximate surface area is 116 Å². The van der Waals surface area contributed by atoms with Gasteiger partial charge < -0.3 is 15.8 Å². The number of hydrogen-bond donors (Lipinski definition) is 2. The molecule has 104 valence electrons. The second kappa shape index (κ2) is 4.97. The molecule has 2 heterocycles. The Morgan fingerprint density at radius 3 is 3.05 bits per heavy atom. The van der Waals surface area contributed by atoms with Gasteiger partial charge in [0.05, 0.1) is 11.9 Å². The topological polar surface area (TPSA) is 82.2 Å². The minimum Gasteiger partial charge on any atom is -0.450 e. The molecule has 0 amide bonds. The van der Waals surface area contributed by atoms with Crippen LogP contribution in [0.1, 0.15) is 12.0 Å². The van der Waals surface area contributed by atoms with Crippen LogP contribution in [0.3, 0.4) is 0 Å². The second-order valence-corrected chi connectivity index (χ2v) is 4.76. The number of anilines is 2. The summed E-state index contributed by atoms with van der Waals surface area (Å²) in [6, 6.07) is 5.87. The van der Waals surface area contributed by atoms with Crippen LogP contribution in [0.2, 0.25) is 0 Å². The molecule has 1 aliphatic heterocycles. The van der Waals surface area contributed by atoms with Crippen LogP contribution in [-0.2, 0) is 13.5 Å². The first-order chi connectivity index (χ1) is 9.69. The Morgan fingerprint density at radius 1 is 1.40 bits per heavy atom. The number of para-hydroxylation sites is 1. The fraction of sp³-hybridized carbons (Fsp3) is 0.286. The molecule has 0 unspecified atom stereocenters. The van der Waals surface area contributed by atoms with Crippen LogP contribution in [0, 0.1) is 0 Å². The zero-order valence-electron chi connectivity index (χ0n) is 11.2. The standard InChI is InChI=1S/C14H16N4O2/c1-18-8-11-13(17-14(18)19)16-12-9(5-3-7-15)4-2-6-10(12)20-11/h2,4,6,8H,3,5,7,15H2,1H3,(H,16,17,19). The summed E-state index contributed by atoms with van der Waals surface area (Å²) in [5.41, 5.74) is 7.22. The molecule has 0 saturated carbocycles. The Balaban J connectivity index is 2.01. The van der Waals surface area contributed by atoms with Crippen LogP contribution in [0.25, 0.3) is 0 Å². The van der Waals surface area contributed by atoms with Gasteiger partial charge in [-0.05, 0) is 31.0 Å². The van der Waals surface area contributed by atoms with Crippen molar-refractivity contribution in [3.63, 3.8) is 0 Å². The monoisotopic (exact) mass is 272 g/mol. The Hall–Kier alpha value is -2.34. The third kappa shape index (κ3) is 2.14. The number of nitrogens with two attached hydrogens (primary N) is 1. The molecule has 0 saturated heterocycles. The Kier molecular flexibility index (Phi) is 3.15. The summed E-state index contributed by atoms with van der Waals surface area (Å²) in [5, 5.41) is 3.20. The quantitative estimate of drug-likeness (QED) is 0.755. The highest BCUT2D eigenvalue weighted by Gasteiger charge is 2.21. The van der Waals surface area contributed by atoms with Gasteiger partial charge in [0.1, 0.15) is 0 Å². The SMILES string of the molecule is Cn1cc2c(nc1=O)Nc1c(CCCN)cccc1O2. The fourth-order valence-corrected chi connectivity index (χ4v) is 2.23. The maximum Gasteiger partial charge on any atom is 0.349 e. The number of ether oxygens (including phenoxy) is 1. The van der Waals surface area contributed by atoms with Gasteiger partial charge in [-0.25, -0.2) is 4.79 Å². The van der Waals surface area contributed by atoms with Gasteiger partial charge >= 0.3 is 5.69 Å². The van der Waals surface area contributed by atoms with Crippen LogP contribution >= 0.6 is 0 Å². The highest BCUT2D eigenvalue weighted by molar-refractivity contribution is 5.75. The van der Waals surface area contributed by atoms with E-state index in [2.05, 4.69) is 10.3 Å². The summed E-state index contributed by atoms with van der Waals surface area (Å²) in [5.74, 6) is 1.75. The lowest BCUT2D eigenvalue weighted by Crippen LogP contribution is -2.22. The molecule has 3 rings (SSSR count). The van der Waals surface area contributed by atoms with Gasteiger partial charge in [-0.1, -0.05) is 12.1 Å². The average molecular weight is 272 g/mol. The molecule has 0 fully saturated rings. The van der Waals surface area contributed by atoms with Crippen LogP contribution in [0.5, 0.6) is 11.5 Å². The van der Waals surface area contributed by atoms with Crippen molar-refractivity contribution < 1.29 is 4.74 Å². The molecule has 3 N–H and O–H groups in total. The summed E-state index contributed by atoms with van der Waals surface area (Å²) >= 11 is 0. The van der Waals surface area contributed by atoms with E-state index in [1.165, 1.54) is 4.57 Å². The molecule has 1 aliphatic rings. The van der Waals surface area contributed by atoms with E-state index in [9.17, 15) is 4.79 Å². The molecule has 0 bridgehead atoms. The van der Waals surface area contributed by atoms with E-state index in [-0.39, 0.29) is 5.69 Å². The highest BCUT2D eigenvalue weighted by atomic mass is 16.5. The summed E-state index contributed by atoms with van der Waals surface area (Å²) < 4.78 is 7.21. The van der Waals surface area contributed by atoms with Gasteiger partial charge in [0, 0.05) is 7.05 Å². The van der Waals surface area contributed by atoms with Gasteiger partial charge in [0.15, 0.2) is 17.3 Å². The van der Waals surface area contributed by atoms with Gasteiger partial charge in [0.2, 0.25) is 0 Å². The molecule has 1 aromatic heterocycles. The highest BCUT2D eigenvalue weighted by Crippen LogP contribution is 2.41. The van der Waals surface area contributed by atoms with E-state index in [1.807, 2.05) is 18.2 Å². The first-order valence-corrected chi connectivity index (χ1v) is 6.53. The molecule has 1 aromatic carbocycles. The third-order valence-electron chi connectivity index (χ3n) is 3.28. The second-order valence-electron chi connectivity index (χ2n) is 4.76. The molecular formula is C14H16N4O2. The van der Waals surface area contributed by atoms with Crippen LogP contribution in [0.15, 0.2) is 29.2 Å². The first kappa shape index (κ1) is 12.7. The van der Waals surface area contributed by atoms with Crippen molar-refractivity contribution in [2.75, 3.05) is 11.9 Å². The predicted octanol–water partition coefficient (Wildman–Crippen LogP) is 1.52. The summed E-state index contributed by atoms with van der Waals surface area (Å²) in [6.07, 6.45) is 3.39. The smallest absolute Gasteiger partial charge is 0.349 e. The number of nitrogens with zero attached hydrogens (tertiary/aromatic N) is 2. The van der Waals surface area contributed by atoms with Crippen molar-refractivity contribution in [2.24, 2.45) is 12.8 Å². The zero-order chi connectivity index (χ0) is 14.1. The minimum absolute atomic E-state index is 0.317. The number of nitrogens with one attached hydrogen (secondary N) is 1. The molecule has 2 aromatic rings. The van der Waals surface area contributed by atoms with Crippen LogP contribution in [0.4, 0.5) is 11.5 Å². The van der Waals surface area contributed by atoms with Gasteiger partial charge in [-0.3, -0.25) is 4.57 Å². The summed E-state index contributed by atoms with van der Waals surface area (Å²) in [6.45, 7) is 0.639. The van der Waals surface area contributed by atoms with Crippen molar-refractivity contribution in [2.45, 2.75) is 12.8 Å². The lowest BCUT2D eigenvalue weighted by atomic mass is 10.1. The number of fused-ring (bicyclic) bond motifs is 2. The van der Waals surface area contributed by atoms with Gasteiger partial charge in [0.25, 0.3) is 0 Å². The maximum atomic E-state index is 11.6. The van der Waals surface area contributed by atoms with Crippen molar-refractivity contribution in [3.05, 3.63) is 40.4 Å². The van der Waals surface area contributed by atoms with Gasteiger partial charge in [-0.15, -0.1) is 0 Å². The molecule has 0 atom stereocenters. The first-order valence-electron chi connectivity index (χ1n) is 6.53. The molecule has 6 heteroatoms. The molecule has 0 spiro atoms. The predicted molar refractivity (Wildman–Crippen MR) is 76.7 cm³/mol. The van der Waals surface area contributed by atoms with Crippen molar-refractivity contribution in [1.82, 2.24) is 9.55 Å². The number of rotatable bonds is 3. The van der Waals surface area contributed by atoms with Crippen LogP contribution in [-0.4, -0.2) is 16.1 Å². The number of hydrogen-bond acceptors (Lipinski definition) is 5. The Bertz CT molecular complexity index is 709. The number of aryl methyl sites for hydroxylation is 2. The average Bonchev–Trinajstić information content (AvgIpc) is 2.44. The van der Waals surface area contributed by atoms with E-state index >= 15 is 0 Å². The van der Waals surface area contributed by atoms with E-state index in [1.54, 1.807) is 13.2 Å². The third-order valence-corrected chi connectivity index (χ3v) is 3.28. The summed E-state index contributed by atoms with van der Waals surface area (Å²) in [7, 11) is 1.65. The lowest BCUT2D eigenvalue weighted by molar-refractivity contribution is 0.469. The fourth-order valence-electron chi connectivity index (χ4n) is 2.23. The Morgan fingerprint density at radius 2 is 2.25 bits per heavy atom. The van der Waals surface area contributed by atoms with E-state index in [0.29, 0.717) is 18.1 Å². The van der Waals surface area contributed by atoms with Crippen molar-refractivity contribution >= 4 is 11.5 Å². The molecule has 0 radical (unpaired) electrons. The number of benzene rings is 1. The molecule has 6 nitrogen and oxygen atoms in total. The lowest BCUT2D eigenvalue weighted by Gasteiger charge is -2.23. The van der Waals surface area contributed by atoms with Crippen LogP contribution < -0.4 is 21.5 Å². The minimum atomic E-state index is -0.317. The van der Waals surface area contributed by atoms with Crippen molar-refractivity contribution in [3.8, 4) is 11.5 Å². The zero-order valence-corrected chi connectivity index (χ0v) is 11.2. The molecular weight excluding hydrogens is 256 g/mol. The molecule has 0 aliphatic carbocycles. The van der Waals surface area contributed by atoms with Gasteiger partial charge in [-0.2, -0.15) is 4.98 Å². The largest absolute Gasteiger partial charge is 0.450 e. The van der Waals surface area contributed by atoms with E-state index in [4.69, 9.17) is 10.5 Å². The van der Waals surface area contributed by atoms with E-state index < -0.39 is 0 Å². The molecule has 20 heavy (non-hydrogen) atoms. The maximum absolute atomic E-state index is 11.6. The number of aromatic nitrogens is 2.